The highest BCUT2D eigenvalue weighted by atomic mass is 32.2. The maximum Gasteiger partial charge on any atom is 0.328 e. The molecule has 22 heavy (non-hydrogen) atoms. The van der Waals surface area contributed by atoms with Gasteiger partial charge in [0.05, 0.1) is 15.7 Å². The van der Waals surface area contributed by atoms with Crippen molar-refractivity contribution < 1.29 is 9.13 Å². The SMILES string of the molecule is N#Cc1ccnc(NCC[S@](=O)c2ccccc2)c1[N+](=O)[O-]. The average Bonchev–Trinajstić information content (AvgIpc) is 2.55. The van der Waals surface area contributed by atoms with E-state index < -0.39 is 15.7 Å². The molecule has 0 unspecified atom stereocenters. The van der Waals surface area contributed by atoms with Crippen molar-refractivity contribution >= 4 is 22.3 Å². The second-order valence-electron chi connectivity index (χ2n) is 4.21. The Morgan fingerprint density at radius 2 is 2.05 bits per heavy atom. The summed E-state index contributed by atoms with van der Waals surface area (Å²) in [4.78, 5) is 15.0. The van der Waals surface area contributed by atoms with Gasteiger partial charge in [-0.2, -0.15) is 5.26 Å². The maximum absolute atomic E-state index is 12.0. The fourth-order valence-electron chi connectivity index (χ4n) is 1.81. The van der Waals surface area contributed by atoms with Gasteiger partial charge in [0.2, 0.25) is 5.82 Å². The first kappa shape index (κ1) is 15.6. The fraction of sp³-hybridized carbons (Fsp3) is 0.143. The Morgan fingerprint density at radius 1 is 1.32 bits per heavy atom. The predicted octanol–water partition coefficient (Wildman–Crippen LogP) is 2.08. The lowest BCUT2D eigenvalue weighted by molar-refractivity contribution is -0.384. The number of pyridine rings is 1. The minimum Gasteiger partial charge on any atom is -0.363 e. The van der Waals surface area contributed by atoms with Gasteiger partial charge in [0.25, 0.3) is 0 Å². The lowest BCUT2D eigenvalue weighted by Gasteiger charge is -2.07. The van der Waals surface area contributed by atoms with Crippen LogP contribution in [0.4, 0.5) is 11.5 Å². The molecule has 2 rings (SSSR count). The van der Waals surface area contributed by atoms with Crippen molar-refractivity contribution in [2.24, 2.45) is 0 Å². The van der Waals surface area contributed by atoms with Crippen LogP contribution in [0.5, 0.6) is 0 Å². The van der Waals surface area contributed by atoms with Crippen molar-refractivity contribution in [1.82, 2.24) is 4.98 Å². The van der Waals surface area contributed by atoms with Crippen LogP contribution in [0.3, 0.4) is 0 Å². The molecular weight excluding hydrogens is 304 g/mol. The Morgan fingerprint density at radius 3 is 2.68 bits per heavy atom. The van der Waals surface area contributed by atoms with Crippen molar-refractivity contribution in [2.75, 3.05) is 17.6 Å². The quantitative estimate of drug-likeness (QED) is 0.645. The van der Waals surface area contributed by atoms with Crippen molar-refractivity contribution in [3.05, 3.63) is 58.3 Å². The van der Waals surface area contributed by atoms with Gasteiger partial charge in [-0.3, -0.25) is 14.3 Å². The number of nitriles is 1. The molecule has 7 nitrogen and oxygen atoms in total. The smallest absolute Gasteiger partial charge is 0.328 e. The second kappa shape index (κ2) is 7.28. The van der Waals surface area contributed by atoms with E-state index >= 15 is 0 Å². The van der Waals surface area contributed by atoms with Gasteiger partial charge in [0, 0.05) is 23.4 Å². The molecule has 1 aromatic heterocycles. The van der Waals surface area contributed by atoms with E-state index in [-0.39, 0.29) is 29.4 Å². The van der Waals surface area contributed by atoms with E-state index in [1.807, 2.05) is 6.07 Å². The molecule has 0 fully saturated rings. The molecule has 0 radical (unpaired) electrons. The van der Waals surface area contributed by atoms with E-state index in [9.17, 15) is 14.3 Å². The number of nitro groups is 1. The van der Waals surface area contributed by atoms with Crippen LogP contribution in [0, 0.1) is 21.4 Å². The van der Waals surface area contributed by atoms with E-state index in [1.54, 1.807) is 30.3 Å². The molecule has 1 heterocycles. The summed E-state index contributed by atoms with van der Waals surface area (Å²) in [7, 11) is -1.21. The van der Waals surface area contributed by atoms with Gasteiger partial charge in [-0.25, -0.2) is 4.98 Å². The van der Waals surface area contributed by atoms with Gasteiger partial charge in [0.15, 0.2) is 0 Å². The van der Waals surface area contributed by atoms with Gasteiger partial charge < -0.3 is 5.32 Å². The van der Waals surface area contributed by atoms with Gasteiger partial charge in [-0.05, 0) is 18.2 Å². The van der Waals surface area contributed by atoms with Gasteiger partial charge >= 0.3 is 5.69 Å². The van der Waals surface area contributed by atoms with Gasteiger partial charge in [-0.15, -0.1) is 0 Å². The standard InChI is InChI=1S/C14H12N4O3S/c15-10-11-6-7-16-14(13(11)18(19)20)17-8-9-22(21)12-4-2-1-3-5-12/h1-7H,8-9H2,(H,16,17)/t22-/m0/s1. The Labute approximate surface area is 129 Å². The number of hydrogen-bond acceptors (Lipinski definition) is 6. The van der Waals surface area contributed by atoms with E-state index in [0.29, 0.717) is 4.90 Å². The highest BCUT2D eigenvalue weighted by Crippen LogP contribution is 2.25. The monoisotopic (exact) mass is 316 g/mol. The van der Waals surface area contributed by atoms with Gasteiger partial charge in [0.1, 0.15) is 11.6 Å². The zero-order chi connectivity index (χ0) is 15.9. The average molecular weight is 316 g/mol. The number of rotatable bonds is 6. The maximum atomic E-state index is 12.0. The summed E-state index contributed by atoms with van der Waals surface area (Å²) in [5.74, 6) is 0.286. The molecule has 0 aliphatic rings. The lowest BCUT2D eigenvalue weighted by atomic mass is 10.2. The van der Waals surface area contributed by atoms with Crippen LogP contribution in [-0.2, 0) is 10.8 Å². The van der Waals surface area contributed by atoms with Crippen LogP contribution >= 0.6 is 0 Å². The summed E-state index contributed by atoms with van der Waals surface area (Å²) in [5.41, 5.74) is -0.429. The van der Waals surface area contributed by atoms with Crippen LogP contribution in [-0.4, -0.2) is 26.4 Å². The summed E-state index contributed by atoms with van der Waals surface area (Å²) >= 11 is 0. The topological polar surface area (TPSA) is 109 Å². The number of nitrogens with zero attached hydrogens (tertiary/aromatic N) is 3. The van der Waals surface area contributed by atoms with Crippen LogP contribution in [0.1, 0.15) is 5.56 Å². The first-order chi connectivity index (χ1) is 10.6. The van der Waals surface area contributed by atoms with Gasteiger partial charge in [-0.1, -0.05) is 18.2 Å². The summed E-state index contributed by atoms with van der Waals surface area (Å²) in [6.07, 6.45) is 1.32. The Balaban J connectivity index is 2.05. The fourth-order valence-corrected chi connectivity index (χ4v) is 2.79. The first-order valence-electron chi connectivity index (χ1n) is 6.34. The molecule has 0 aliphatic carbocycles. The molecule has 1 aromatic carbocycles. The van der Waals surface area contributed by atoms with E-state index in [1.165, 1.54) is 12.3 Å². The Hall–Kier alpha value is -2.79. The molecule has 112 valence electrons. The molecule has 0 bridgehead atoms. The Kier molecular flexibility index (Phi) is 5.16. The third-order valence-electron chi connectivity index (χ3n) is 2.81. The highest BCUT2D eigenvalue weighted by Gasteiger charge is 2.20. The molecular formula is C14H12N4O3S. The first-order valence-corrected chi connectivity index (χ1v) is 7.66. The van der Waals surface area contributed by atoms with E-state index in [2.05, 4.69) is 10.3 Å². The lowest BCUT2D eigenvalue weighted by Crippen LogP contribution is -2.13. The normalized spacial score (nSPS) is 11.4. The van der Waals surface area contributed by atoms with E-state index in [0.717, 1.165) is 0 Å². The number of hydrogen-bond donors (Lipinski definition) is 1. The number of aromatic nitrogens is 1. The predicted molar refractivity (Wildman–Crippen MR) is 81.8 cm³/mol. The van der Waals surface area contributed by atoms with Crippen LogP contribution in [0.15, 0.2) is 47.5 Å². The Bertz CT molecular complexity index is 743. The highest BCUT2D eigenvalue weighted by molar-refractivity contribution is 7.85. The third kappa shape index (κ3) is 3.65. The van der Waals surface area contributed by atoms with Crippen LogP contribution in [0.2, 0.25) is 0 Å². The van der Waals surface area contributed by atoms with Crippen molar-refractivity contribution in [3.63, 3.8) is 0 Å². The summed E-state index contributed by atoms with van der Waals surface area (Å²) in [5, 5.41) is 22.7. The molecule has 0 amide bonds. The van der Waals surface area contributed by atoms with Crippen molar-refractivity contribution in [1.29, 1.82) is 5.26 Å². The van der Waals surface area contributed by atoms with E-state index in [4.69, 9.17) is 5.26 Å². The molecule has 8 heteroatoms. The minimum atomic E-state index is -1.21. The molecule has 1 N–H and O–H groups in total. The summed E-state index contributed by atoms with van der Waals surface area (Å²) in [6.45, 7) is 0.240. The zero-order valence-electron chi connectivity index (χ0n) is 11.4. The van der Waals surface area contributed by atoms with Crippen LogP contribution in [0.25, 0.3) is 0 Å². The van der Waals surface area contributed by atoms with Crippen molar-refractivity contribution in [3.8, 4) is 6.07 Å². The molecule has 0 aliphatic heterocycles. The van der Waals surface area contributed by atoms with Crippen molar-refractivity contribution in [2.45, 2.75) is 4.90 Å². The number of benzene rings is 1. The zero-order valence-corrected chi connectivity index (χ0v) is 12.2. The third-order valence-corrected chi connectivity index (χ3v) is 4.19. The second-order valence-corrected chi connectivity index (χ2v) is 5.78. The molecule has 0 saturated heterocycles. The number of anilines is 1. The number of nitrogens with one attached hydrogen (secondary N) is 1. The molecule has 1 atom stereocenters. The summed E-state index contributed by atoms with van der Waals surface area (Å²) < 4.78 is 12.0. The molecule has 0 spiro atoms. The molecule has 0 saturated carbocycles. The van der Waals surface area contributed by atoms with Crippen LogP contribution < -0.4 is 5.32 Å². The molecule has 2 aromatic rings. The minimum absolute atomic E-state index is 0.00844. The summed E-state index contributed by atoms with van der Waals surface area (Å²) in [6, 6.07) is 12.0. The largest absolute Gasteiger partial charge is 0.363 e.